The number of benzene rings is 1. The molecule has 0 aliphatic heterocycles. The van der Waals surface area contributed by atoms with E-state index in [4.69, 9.17) is 27.9 Å². The molecule has 4 nitrogen and oxygen atoms in total. The van der Waals surface area contributed by atoms with Gasteiger partial charge >= 0.3 is 5.97 Å². The zero-order chi connectivity index (χ0) is 14.4. The molecule has 1 rings (SSSR count). The molecule has 0 saturated carbocycles. The van der Waals surface area contributed by atoms with Crippen LogP contribution in [0.5, 0.6) is 0 Å². The van der Waals surface area contributed by atoms with E-state index in [9.17, 15) is 14.4 Å². The molecular weight excluding hydrogens is 291 g/mol. The number of ether oxygens (including phenoxy) is 1. The van der Waals surface area contributed by atoms with Crippen molar-refractivity contribution < 1.29 is 19.1 Å². The van der Waals surface area contributed by atoms with Crippen molar-refractivity contribution in [3.63, 3.8) is 0 Å². The molecule has 0 unspecified atom stereocenters. The van der Waals surface area contributed by atoms with Crippen LogP contribution in [0.4, 0.5) is 0 Å². The fraction of sp³-hybridized carbons (Fsp3) is 0.308. The zero-order valence-electron chi connectivity index (χ0n) is 10.2. The van der Waals surface area contributed by atoms with Crippen LogP contribution in [0.2, 0.25) is 0 Å². The van der Waals surface area contributed by atoms with E-state index >= 15 is 0 Å². The Morgan fingerprint density at radius 2 is 1.84 bits per heavy atom. The lowest BCUT2D eigenvalue weighted by Crippen LogP contribution is -2.08. The van der Waals surface area contributed by atoms with Crippen molar-refractivity contribution in [1.82, 2.24) is 0 Å². The molecule has 19 heavy (non-hydrogen) atoms. The quantitative estimate of drug-likeness (QED) is 0.599. The minimum absolute atomic E-state index is 0.151. The van der Waals surface area contributed by atoms with E-state index in [1.165, 1.54) is 12.1 Å². The van der Waals surface area contributed by atoms with Crippen LogP contribution in [0.1, 0.15) is 39.6 Å². The molecule has 0 atom stereocenters. The molecule has 0 N–H and O–H groups in total. The summed E-state index contributed by atoms with van der Waals surface area (Å²) in [6.07, 6.45) is 0.636. The summed E-state index contributed by atoms with van der Waals surface area (Å²) in [5.74, 6) is -0.314. The Morgan fingerprint density at radius 1 is 1.16 bits per heavy atom. The second-order valence-electron chi connectivity index (χ2n) is 3.74. The van der Waals surface area contributed by atoms with Crippen LogP contribution in [0.3, 0.4) is 0 Å². The Morgan fingerprint density at radius 3 is 2.37 bits per heavy atom. The Hall–Kier alpha value is -1.39. The van der Waals surface area contributed by atoms with Crippen LogP contribution in [0.25, 0.3) is 0 Å². The predicted molar refractivity (Wildman–Crippen MR) is 71.8 cm³/mol. The Bertz CT molecular complexity index is 511. The van der Waals surface area contributed by atoms with Crippen molar-refractivity contribution in [3.05, 3.63) is 34.9 Å². The monoisotopic (exact) mass is 302 g/mol. The van der Waals surface area contributed by atoms with E-state index in [0.717, 1.165) is 0 Å². The number of hydrogen-bond donors (Lipinski definition) is 0. The first-order valence-corrected chi connectivity index (χ1v) is 6.39. The average molecular weight is 303 g/mol. The van der Waals surface area contributed by atoms with Gasteiger partial charge in [0.15, 0.2) is 0 Å². The third kappa shape index (κ3) is 4.65. The Balaban J connectivity index is 2.85. The highest BCUT2D eigenvalue weighted by molar-refractivity contribution is 6.69. The summed E-state index contributed by atoms with van der Waals surface area (Å²) in [7, 11) is 0. The van der Waals surface area contributed by atoms with Crippen LogP contribution >= 0.6 is 23.2 Å². The number of hydrogen-bond acceptors (Lipinski definition) is 4. The van der Waals surface area contributed by atoms with Gasteiger partial charge in [-0.3, -0.25) is 14.4 Å². The minimum atomic E-state index is -0.684. The van der Waals surface area contributed by atoms with Gasteiger partial charge in [-0.2, -0.15) is 0 Å². The number of rotatable bonds is 6. The van der Waals surface area contributed by atoms with Crippen LogP contribution in [0, 0.1) is 0 Å². The maximum Gasteiger partial charge on any atom is 0.305 e. The molecule has 0 bridgehead atoms. The molecule has 0 fully saturated rings. The molecule has 0 amide bonds. The molecular formula is C13H12Cl2O4. The highest BCUT2D eigenvalue weighted by Gasteiger charge is 2.13. The molecule has 0 aromatic heterocycles. The van der Waals surface area contributed by atoms with Gasteiger partial charge in [-0.05, 0) is 40.9 Å². The first-order chi connectivity index (χ1) is 8.95. The highest BCUT2D eigenvalue weighted by Crippen LogP contribution is 2.17. The van der Waals surface area contributed by atoms with E-state index < -0.39 is 10.5 Å². The number of carbonyl (C=O) groups is 3. The molecule has 0 aliphatic rings. The van der Waals surface area contributed by atoms with Crippen molar-refractivity contribution >= 4 is 39.7 Å². The van der Waals surface area contributed by atoms with Gasteiger partial charge in [0.1, 0.15) is 0 Å². The first kappa shape index (κ1) is 15.7. The summed E-state index contributed by atoms with van der Waals surface area (Å²) in [5.41, 5.74) is 0.992. The molecule has 0 saturated heterocycles. The summed E-state index contributed by atoms with van der Waals surface area (Å²) in [6, 6.07) is 4.41. The zero-order valence-corrected chi connectivity index (χ0v) is 11.8. The Labute approximate surface area is 120 Å². The van der Waals surface area contributed by atoms with Gasteiger partial charge in [-0.25, -0.2) is 0 Å². The molecule has 6 heteroatoms. The fourth-order valence-corrected chi connectivity index (χ4v) is 1.77. The predicted octanol–water partition coefficient (Wildman–Crippen LogP) is 2.94. The van der Waals surface area contributed by atoms with E-state index in [0.29, 0.717) is 18.4 Å². The molecule has 1 aromatic carbocycles. The molecule has 0 radical (unpaired) electrons. The maximum atomic E-state index is 11.3. The fourth-order valence-electron chi connectivity index (χ4n) is 1.48. The van der Waals surface area contributed by atoms with Gasteiger partial charge in [0.05, 0.1) is 6.61 Å². The SMILES string of the molecule is CCC(=O)OCCc1ccc(C(=O)Cl)cc1C(=O)Cl. The third-order valence-electron chi connectivity index (χ3n) is 2.47. The van der Waals surface area contributed by atoms with Crippen molar-refractivity contribution in [2.45, 2.75) is 19.8 Å². The van der Waals surface area contributed by atoms with Gasteiger partial charge in [-0.15, -0.1) is 0 Å². The lowest BCUT2D eigenvalue weighted by Gasteiger charge is -2.08. The van der Waals surface area contributed by atoms with Gasteiger partial charge in [0.25, 0.3) is 10.5 Å². The van der Waals surface area contributed by atoms with Crippen molar-refractivity contribution in [3.8, 4) is 0 Å². The van der Waals surface area contributed by atoms with Crippen molar-refractivity contribution in [1.29, 1.82) is 0 Å². The van der Waals surface area contributed by atoms with Crippen LogP contribution < -0.4 is 0 Å². The lowest BCUT2D eigenvalue weighted by atomic mass is 10.0. The average Bonchev–Trinajstić information content (AvgIpc) is 2.38. The van der Waals surface area contributed by atoms with Gasteiger partial charge in [0, 0.05) is 24.0 Å². The van der Waals surface area contributed by atoms with E-state index in [2.05, 4.69) is 0 Å². The first-order valence-electron chi connectivity index (χ1n) is 5.64. The third-order valence-corrected chi connectivity index (χ3v) is 2.89. The second kappa shape index (κ2) is 7.26. The summed E-state index contributed by atoms with van der Waals surface area (Å²) < 4.78 is 4.92. The number of esters is 1. The second-order valence-corrected chi connectivity index (χ2v) is 4.43. The van der Waals surface area contributed by atoms with E-state index in [-0.39, 0.29) is 23.7 Å². The van der Waals surface area contributed by atoms with E-state index in [1.54, 1.807) is 13.0 Å². The number of halogens is 2. The number of carbonyl (C=O) groups excluding carboxylic acids is 3. The Kier molecular flexibility index (Phi) is 5.99. The smallest absolute Gasteiger partial charge is 0.305 e. The topological polar surface area (TPSA) is 60.4 Å². The van der Waals surface area contributed by atoms with Crippen molar-refractivity contribution in [2.75, 3.05) is 6.61 Å². The van der Waals surface area contributed by atoms with Gasteiger partial charge in [-0.1, -0.05) is 13.0 Å². The standard InChI is InChI=1S/C13H12Cl2O4/c1-2-11(16)19-6-5-8-3-4-9(12(14)17)7-10(8)13(15)18/h3-4,7H,2,5-6H2,1H3. The lowest BCUT2D eigenvalue weighted by molar-refractivity contribution is -0.143. The molecule has 0 spiro atoms. The molecule has 102 valence electrons. The highest BCUT2D eigenvalue weighted by atomic mass is 35.5. The van der Waals surface area contributed by atoms with Crippen LogP contribution in [-0.4, -0.2) is 23.1 Å². The summed E-state index contributed by atoms with van der Waals surface area (Å²) >= 11 is 10.8. The normalized spacial score (nSPS) is 10.1. The molecule has 0 aliphatic carbocycles. The summed E-state index contributed by atoms with van der Waals surface area (Å²) in [5, 5.41) is -1.35. The van der Waals surface area contributed by atoms with Crippen molar-refractivity contribution in [2.24, 2.45) is 0 Å². The maximum absolute atomic E-state index is 11.3. The summed E-state index contributed by atoms with van der Waals surface area (Å²) in [6.45, 7) is 1.84. The van der Waals surface area contributed by atoms with Gasteiger partial charge < -0.3 is 4.74 Å². The largest absolute Gasteiger partial charge is 0.465 e. The van der Waals surface area contributed by atoms with E-state index in [1.807, 2.05) is 0 Å². The van der Waals surface area contributed by atoms with Crippen LogP contribution in [-0.2, 0) is 16.0 Å². The van der Waals surface area contributed by atoms with Gasteiger partial charge in [0.2, 0.25) is 0 Å². The summed E-state index contributed by atoms with van der Waals surface area (Å²) in [4.78, 5) is 33.3. The molecule has 0 heterocycles. The molecule has 1 aromatic rings. The van der Waals surface area contributed by atoms with Crippen LogP contribution in [0.15, 0.2) is 18.2 Å². The minimum Gasteiger partial charge on any atom is -0.465 e.